The van der Waals surface area contributed by atoms with Gasteiger partial charge in [0, 0.05) is 40.3 Å². The molecule has 9 rings (SSSR count). The molecule has 0 fully saturated rings. The molecule has 0 atom stereocenters. The lowest BCUT2D eigenvalue weighted by Gasteiger charge is -2.14. The van der Waals surface area contributed by atoms with Crippen molar-refractivity contribution < 1.29 is 0 Å². The molecule has 0 aliphatic rings. The largest absolute Gasteiger partial charge is 0.398 e. The highest BCUT2D eigenvalue weighted by molar-refractivity contribution is 6.12. The molecule has 0 saturated heterocycles. The molecule has 0 spiro atoms. The van der Waals surface area contributed by atoms with Gasteiger partial charge in [0.05, 0.1) is 35.0 Å². The Labute approximate surface area is 348 Å². The van der Waals surface area contributed by atoms with Gasteiger partial charge in [-0.05, 0) is 64.7 Å². The molecular weight excluding hydrogens is 737 g/mol. The molecule has 286 valence electrons. The van der Waals surface area contributed by atoms with Crippen LogP contribution < -0.4 is 5.73 Å². The molecule has 0 radical (unpaired) electrons. The Morgan fingerprint density at radius 1 is 0.450 bits per heavy atom. The van der Waals surface area contributed by atoms with Gasteiger partial charge in [-0.15, -0.1) is 0 Å². The Morgan fingerprint density at radius 3 is 1.63 bits per heavy atom. The predicted octanol–water partition coefficient (Wildman–Crippen LogP) is 11.0. The van der Waals surface area contributed by atoms with E-state index in [1.54, 1.807) is 12.4 Å². The van der Waals surface area contributed by atoms with Crippen molar-refractivity contribution in [2.24, 2.45) is 10.7 Å². The lowest BCUT2D eigenvalue weighted by molar-refractivity contribution is 1.07. The van der Waals surface area contributed by atoms with Crippen LogP contribution in [0.2, 0.25) is 0 Å². The van der Waals surface area contributed by atoms with Gasteiger partial charge in [-0.2, -0.15) is 0 Å². The third-order valence-corrected chi connectivity index (χ3v) is 9.92. The first-order valence-corrected chi connectivity index (χ1v) is 19.6. The summed E-state index contributed by atoms with van der Waals surface area (Å²) in [6.07, 6.45) is 5.50. The van der Waals surface area contributed by atoms with Crippen molar-refractivity contribution in [2.45, 2.75) is 6.54 Å². The van der Waals surface area contributed by atoms with Crippen LogP contribution in [0.1, 0.15) is 16.7 Å². The monoisotopic (exact) mass is 774 g/mol. The first-order chi connectivity index (χ1) is 29.6. The fraction of sp³-hybridized carbons (Fsp3) is 0.0192. The molecule has 0 bridgehead atoms. The van der Waals surface area contributed by atoms with Crippen molar-refractivity contribution in [3.05, 3.63) is 223 Å². The maximum Gasteiger partial charge on any atom is 0.164 e. The topological polar surface area (TPSA) is 116 Å². The number of aromatic nitrogens is 6. The van der Waals surface area contributed by atoms with E-state index in [1.807, 2.05) is 164 Å². The third kappa shape index (κ3) is 8.54. The van der Waals surface area contributed by atoms with Gasteiger partial charge in [0.2, 0.25) is 0 Å². The van der Waals surface area contributed by atoms with Crippen LogP contribution in [0.3, 0.4) is 0 Å². The summed E-state index contributed by atoms with van der Waals surface area (Å²) >= 11 is 0. The van der Waals surface area contributed by atoms with E-state index >= 15 is 0 Å². The van der Waals surface area contributed by atoms with E-state index in [0.29, 0.717) is 46.8 Å². The molecule has 0 saturated carbocycles. The number of allylic oxidation sites excluding steroid dienone is 1. The van der Waals surface area contributed by atoms with E-state index in [9.17, 15) is 0 Å². The van der Waals surface area contributed by atoms with Gasteiger partial charge in [-0.1, -0.05) is 152 Å². The number of pyridine rings is 3. The standard InChI is InChI=1S/C52H38N8/c53-44(34-46(37-19-7-2-8-20-37)56-35-36-17-5-1-6-18-36)43-26-14-13-25-42(43)41-32-48(45-27-15-16-29-54-45)57-49(33-41)47-31-40(28-30-55-47)52-59-50(38-21-9-3-10-22-38)58-51(60-52)39-23-11-4-12-24-39/h1-34H,35,53H2/b44-34-,56-46?. The second-order valence-electron chi connectivity index (χ2n) is 14.0. The van der Waals surface area contributed by atoms with Gasteiger partial charge in [-0.3, -0.25) is 15.0 Å². The van der Waals surface area contributed by atoms with Gasteiger partial charge in [-0.25, -0.2) is 19.9 Å². The van der Waals surface area contributed by atoms with Gasteiger partial charge >= 0.3 is 0 Å². The van der Waals surface area contributed by atoms with Gasteiger partial charge in [0.15, 0.2) is 17.5 Å². The smallest absolute Gasteiger partial charge is 0.164 e. The number of nitrogens with two attached hydrogens (primary N) is 1. The number of rotatable bonds is 11. The lowest BCUT2D eigenvalue weighted by Crippen LogP contribution is -2.06. The van der Waals surface area contributed by atoms with Crippen molar-refractivity contribution in [3.63, 3.8) is 0 Å². The second kappa shape index (κ2) is 17.5. The van der Waals surface area contributed by atoms with Crippen LogP contribution in [0, 0.1) is 0 Å². The maximum atomic E-state index is 7.05. The van der Waals surface area contributed by atoms with Gasteiger partial charge in [0.25, 0.3) is 0 Å². The van der Waals surface area contributed by atoms with E-state index in [1.165, 1.54) is 0 Å². The zero-order valence-electron chi connectivity index (χ0n) is 32.5. The Hall–Kier alpha value is -8.23. The summed E-state index contributed by atoms with van der Waals surface area (Å²) in [5.41, 5.74) is 18.5. The average Bonchev–Trinajstić information content (AvgIpc) is 3.34. The highest BCUT2D eigenvalue weighted by Gasteiger charge is 2.17. The molecule has 0 aliphatic heterocycles. The molecule has 4 heterocycles. The zero-order valence-corrected chi connectivity index (χ0v) is 32.5. The Kier molecular flexibility index (Phi) is 10.9. The molecule has 60 heavy (non-hydrogen) atoms. The second-order valence-corrected chi connectivity index (χ2v) is 14.0. The molecule has 0 unspecified atom stereocenters. The van der Waals surface area contributed by atoms with Crippen LogP contribution in [0.15, 0.2) is 212 Å². The summed E-state index contributed by atoms with van der Waals surface area (Å²) in [4.78, 5) is 34.5. The van der Waals surface area contributed by atoms with E-state index in [-0.39, 0.29) is 0 Å². The molecule has 8 nitrogen and oxygen atoms in total. The zero-order chi connectivity index (χ0) is 40.5. The summed E-state index contributed by atoms with van der Waals surface area (Å²) in [6.45, 7) is 0.523. The van der Waals surface area contributed by atoms with Crippen LogP contribution in [-0.4, -0.2) is 35.6 Å². The summed E-state index contributed by atoms with van der Waals surface area (Å²) in [5, 5.41) is 0. The normalized spacial score (nSPS) is 11.7. The van der Waals surface area contributed by atoms with Crippen molar-refractivity contribution >= 4 is 11.4 Å². The van der Waals surface area contributed by atoms with Crippen molar-refractivity contribution in [1.29, 1.82) is 0 Å². The molecular formula is C52H38N8. The molecule has 4 aromatic heterocycles. The third-order valence-electron chi connectivity index (χ3n) is 9.92. The highest BCUT2D eigenvalue weighted by Crippen LogP contribution is 2.34. The van der Waals surface area contributed by atoms with Crippen LogP contribution in [0.4, 0.5) is 0 Å². The van der Waals surface area contributed by atoms with Gasteiger partial charge < -0.3 is 5.73 Å². The average molecular weight is 775 g/mol. The van der Waals surface area contributed by atoms with Crippen LogP contribution >= 0.6 is 0 Å². The van der Waals surface area contributed by atoms with Gasteiger partial charge in [0.1, 0.15) is 0 Å². The molecule has 0 aliphatic carbocycles. The fourth-order valence-electron chi connectivity index (χ4n) is 6.91. The quantitative estimate of drug-likeness (QED) is 0.130. The van der Waals surface area contributed by atoms with Crippen molar-refractivity contribution in [3.8, 4) is 68.1 Å². The van der Waals surface area contributed by atoms with Crippen LogP contribution in [0.25, 0.3) is 73.8 Å². The Bertz CT molecular complexity index is 2880. The number of nitrogens with zero attached hydrogens (tertiary/aromatic N) is 7. The first kappa shape index (κ1) is 37.4. The molecule has 9 aromatic rings. The van der Waals surface area contributed by atoms with Crippen LogP contribution in [-0.2, 0) is 6.54 Å². The van der Waals surface area contributed by atoms with E-state index in [4.69, 9.17) is 35.6 Å². The SMILES string of the molecule is N/C(=C\C(=NCc1ccccc1)c1ccccc1)c1ccccc1-c1cc(-c2ccccn2)nc(-c2cc(-c3nc(-c4ccccc4)nc(-c4ccccc4)n3)ccn2)c1. The predicted molar refractivity (Wildman–Crippen MR) is 241 cm³/mol. The molecule has 5 aromatic carbocycles. The van der Waals surface area contributed by atoms with E-state index in [0.717, 1.165) is 55.9 Å². The van der Waals surface area contributed by atoms with Crippen LogP contribution in [0.5, 0.6) is 0 Å². The fourth-order valence-corrected chi connectivity index (χ4v) is 6.91. The van der Waals surface area contributed by atoms with E-state index in [2.05, 4.69) is 35.3 Å². The summed E-state index contributed by atoms with van der Waals surface area (Å²) < 4.78 is 0. The molecule has 2 N–H and O–H groups in total. The summed E-state index contributed by atoms with van der Waals surface area (Å²) in [5.74, 6) is 1.69. The minimum atomic E-state index is 0.523. The summed E-state index contributed by atoms with van der Waals surface area (Å²) in [7, 11) is 0. The van der Waals surface area contributed by atoms with Crippen molar-refractivity contribution in [2.75, 3.05) is 0 Å². The number of benzene rings is 5. The minimum absolute atomic E-state index is 0.523. The summed E-state index contributed by atoms with van der Waals surface area (Å²) in [6, 6.07) is 62.1. The van der Waals surface area contributed by atoms with Crippen molar-refractivity contribution in [1.82, 2.24) is 29.9 Å². The minimum Gasteiger partial charge on any atom is -0.398 e. The lowest BCUT2D eigenvalue weighted by atomic mass is 9.95. The van der Waals surface area contributed by atoms with E-state index < -0.39 is 0 Å². The molecule has 8 heteroatoms. The number of hydrogen-bond acceptors (Lipinski definition) is 8. The Morgan fingerprint density at radius 2 is 0.983 bits per heavy atom. The number of aliphatic imine (C=N–C) groups is 1. The highest BCUT2D eigenvalue weighted by atomic mass is 15.0. The number of hydrogen-bond donors (Lipinski definition) is 1. The molecule has 0 amide bonds. The Balaban J connectivity index is 1.15. The first-order valence-electron chi connectivity index (χ1n) is 19.6. The maximum absolute atomic E-state index is 7.05.